The Morgan fingerprint density at radius 3 is 2.62 bits per heavy atom. The first-order chi connectivity index (χ1) is 16.6. The fourth-order valence-electron chi connectivity index (χ4n) is 3.34. The minimum Gasteiger partial charge on any atom is -0.497 e. The number of nitrogens with zero attached hydrogens (tertiary/aromatic N) is 3. The number of ketones is 1. The van der Waals surface area contributed by atoms with E-state index < -0.39 is 5.97 Å². The van der Waals surface area contributed by atoms with Crippen molar-refractivity contribution in [1.29, 1.82) is 0 Å². The van der Waals surface area contributed by atoms with Crippen LogP contribution in [0.4, 0.5) is 11.5 Å². The van der Waals surface area contributed by atoms with Gasteiger partial charge in [-0.15, -0.1) is 5.10 Å². The zero-order chi connectivity index (χ0) is 23.9. The summed E-state index contributed by atoms with van der Waals surface area (Å²) in [6, 6.07) is 18.2. The molecule has 0 amide bonds. The molecule has 0 unspecified atom stereocenters. The Morgan fingerprint density at radius 1 is 1.03 bits per heavy atom. The first-order valence-electron chi connectivity index (χ1n) is 10.8. The van der Waals surface area contributed by atoms with Crippen LogP contribution in [0.25, 0.3) is 5.65 Å². The molecule has 2 heterocycles. The Bertz CT molecular complexity index is 1300. The highest BCUT2D eigenvalue weighted by atomic mass is 16.5. The first kappa shape index (κ1) is 22.8. The SMILES string of the molecule is CCOC(=O)c1cccc(NCC(=O)c2cnc3ccc(NCc4ccc(OC)cc4)nn23)c1. The van der Waals surface area contributed by atoms with Crippen molar-refractivity contribution < 1.29 is 19.1 Å². The fraction of sp³-hybridized carbons (Fsp3) is 0.200. The molecule has 0 aliphatic heterocycles. The maximum absolute atomic E-state index is 12.9. The predicted molar refractivity (Wildman–Crippen MR) is 129 cm³/mol. The number of benzene rings is 2. The molecule has 2 aromatic heterocycles. The molecule has 0 atom stereocenters. The number of esters is 1. The van der Waals surface area contributed by atoms with Crippen LogP contribution in [0.1, 0.15) is 33.3 Å². The third kappa shape index (κ3) is 5.32. The van der Waals surface area contributed by atoms with Gasteiger partial charge in [0.15, 0.2) is 5.65 Å². The lowest BCUT2D eigenvalue weighted by Crippen LogP contribution is -2.17. The second-order valence-corrected chi connectivity index (χ2v) is 7.41. The normalized spacial score (nSPS) is 10.6. The highest BCUT2D eigenvalue weighted by molar-refractivity contribution is 5.98. The molecule has 34 heavy (non-hydrogen) atoms. The van der Waals surface area contributed by atoms with Crippen molar-refractivity contribution in [2.45, 2.75) is 13.5 Å². The van der Waals surface area contributed by atoms with Crippen LogP contribution in [0.2, 0.25) is 0 Å². The molecule has 0 spiro atoms. The minimum absolute atomic E-state index is 0.0191. The van der Waals surface area contributed by atoms with Crippen LogP contribution in [-0.4, -0.2) is 46.6 Å². The number of fused-ring (bicyclic) bond motifs is 1. The van der Waals surface area contributed by atoms with Gasteiger partial charge in [0.2, 0.25) is 5.78 Å². The molecule has 0 saturated carbocycles. The van der Waals surface area contributed by atoms with Crippen LogP contribution in [-0.2, 0) is 11.3 Å². The van der Waals surface area contributed by atoms with E-state index in [1.807, 2.05) is 30.3 Å². The van der Waals surface area contributed by atoms with Crippen molar-refractivity contribution in [3.8, 4) is 5.75 Å². The van der Waals surface area contributed by atoms with Crippen LogP contribution in [0.3, 0.4) is 0 Å². The summed E-state index contributed by atoms with van der Waals surface area (Å²) in [5.74, 6) is 0.823. The summed E-state index contributed by atoms with van der Waals surface area (Å²) in [6.45, 7) is 2.64. The molecule has 0 fully saturated rings. The summed E-state index contributed by atoms with van der Waals surface area (Å²) in [6.07, 6.45) is 1.51. The van der Waals surface area contributed by atoms with E-state index in [2.05, 4.69) is 20.7 Å². The third-order valence-electron chi connectivity index (χ3n) is 5.11. The van der Waals surface area contributed by atoms with E-state index in [1.54, 1.807) is 44.4 Å². The van der Waals surface area contributed by atoms with E-state index in [9.17, 15) is 9.59 Å². The topological polar surface area (TPSA) is 107 Å². The van der Waals surface area contributed by atoms with E-state index in [0.29, 0.717) is 41.6 Å². The van der Waals surface area contributed by atoms with Gasteiger partial charge in [-0.2, -0.15) is 0 Å². The first-order valence-corrected chi connectivity index (χ1v) is 10.8. The van der Waals surface area contributed by atoms with Crippen molar-refractivity contribution in [3.05, 3.63) is 83.7 Å². The van der Waals surface area contributed by atoms with Gasteiger partial charge in [0.1, 0.15) is 17.3 Å². The summed E-state index contributed by atoms with van der Waals surface area (Å²) in [7, 11) is 1.63. The van der Waals surface area contributed by atoms with Crippen molar-refractivity contribution in [2.24, 2.45) is 0 Å². The molecule has 4 rings (SSSR count). The van der Waals surface area contributed by atoms with Gasteiger partial charge in [-0.25, -0.2) is 14.3 Å². The van der Waals surface area contributed by atoms with Gasteiger partial charge in [-0.3, -0.25) is 4.79 Å². The largest absolute Gasteiger partial charge is 0.497 e. The number of imidazole rings is 1. The van der Waals surface area contributed by atoms with Gasteiger partial charge in [-0.1, -0.05) is 18.2 Å². The maximum Gasteiger partial charge on any atom is 0.338 e. The number of anilines is 2. The summed E-state index contributed by atoms with van der Waals surface area (Å²) in [5, 5.41) is 10.8. The molecule has 2 aromatic carbocycles. The number of carbonyl (C=O) groups is 2. The highest BCUT2D eigenvalue weighted by Gasteiger charge is 2.14. The van der Waals surface area contributed by atoms with Gasteiger partial charge >= 0.3 is 5.97 Å². The Labute approximate surface area is 196 Å². The van der Waals surface area contributed by atoms with Crippen LogP contribution >= 0.6 is 0 Å². The monoisotopic (exact) mass is 459 g/mol. The number of carbonyl (C=O) groups excluding carboxylic acids is 2. The van der Waals surface area contributed by atoms with Crippen LogP contribution < -0.4 is 15.4 Å². The zero-order valence-electron chi connectivity index (χ0n) is 18.9. The quantitative estimate of drug-likeness (QED) is 0.272. The molecule has 9 nitrogen and oxygen atoms in total. The summed E-state index contributed by atoms with van der Waals surface area (Å²) < 4.78 is 11.7. The number of hydrogen-bond donors (Lipinski definition) is 2. The van der Waals surface area contributed by atoms with Gasteiger partial charge < -0.3 is 20.1 Å². The van der Waals surface area contributed by atoms with Crippen molar-refractivity contribution in [1.82, 2.24) is 14.6 Å². The van der Waals surface area contributed by atoms with Crippen LogP contribution in [0, 0.1) is 0 Å². The predicted octanol–water partition coefficient (Wildman–Crippen LogP) is 3.82. The molecule has 2 N–H and O–H groups in total. The van der Waals surface area contributed by atoms with Crippen molar-refractivity contribution in [2.75, 3.05) is 30.9 Å². The Balaban J connectivity index is 1.42. The average molecular weight is 460 g/mol. The Morgan fingerprint density at radius 2 is 1.85 bits per heavy atom. The van der Waals surface area contributed by atoms with E-state index in [1.165, 1.54) is 10.7 Å². The second-order valence-electron chi connectivity index (χ2n) is 7.41. The summed E-state index contributed by atoms with van der Waals surface area (Å²) >= 11 is 0. The van der Waals surface area contributed by atoms with Gasteiger partial charge in [0.05, 0.1) is 32.0 Å². The standard InChI is InChI=1S/C25H25N5O4/c1-3-34-25(32)18-5-4-6-19(13-18)26-16-22(31)21-15-28-24-12-11-23(29-30(21)24)27-14-17-7-9-20(33-2)10-8-17/h4-13,15,26H,3,14,16H2,1-2H3,(H,27,29). The molecule has 4 aromatic rings. The van der Waals surface area contributed by atoms with Crippen molar-refractivity contribution in [3.63, 3.8) is 0 Å². The maximum atomic E-state index is 12.9. The molecule has 0 bridgehead atoms. The lowest BCUT2D eigenvalue weighted by Gasteiger charge is -2.09. The molecular formula is C25H25N5O4. The van der Waals surface area contributed by atoms with Crippen LogP contribution in [0.5, 0.6) is 5.75 Å². The lowest BCUT2D eigenvalue weighted by atomic mass is 10.2. The van der Waals surface area contributed by atoms with E-state index >= 15 is 0 Å². The van der Waals surface area contributed by atoms with Gasteiger partial charge in [0, 0.05) is 12.2 Å². The zero-order valence-corrected chi connectivity index (χ0v) is 18.9. The number of rotatable bonds is 10. The minimum atomic E-state index is -0.405. The van der Waals surface area contributed by atoms with E-state index in [0.717, 1.165) is 11.3 Å². The van der Waals surface area contributed by atoms with E-state index in [4.69, 9.17) is 9.47 Å². The van der Waals surface area contributed by atoms with Crippen molar-refractivity contribution >= 4 is 28.9 Å². The van der Waals surface area contributed by atoms with E-state index in [-0.39, 0.29) is 12.3 Å². The smallest absolute Gasteiger partial charge is 0.338 e. The molecule has 9 heteroatoms. The number of hydrogen-bond acceptors (Lipinski definition) is 8. The highest BCUT2D eigenvalue weighted by Crippen LogP contribution is 2.15. The molecule has 0 radical (unpaired) electrons. The lowest BCUT2D eigenvalue weighted by molar-refractivity contribution is 0.0526. The third-order valence-corrected chi connectivity index (χ3v) is 5.11. The summed E-state index contributed by atoms with van der Waals surface area (Å²) in [5.41, 5.74) is 3.06. The Hall–Kier alpha value is -4.40. The Kier molecular flexibility index (Phi) is 7.02. The number of aromatic nitrogens is 3. The average Bonchev–Trinajstić information content (AvgIpc) is 3.30. The van der Waals surface area contributed by atoms with Crippen LogP contribution in [0.15, 0.2) is 66.9 Å². The molecule has 174 valence electrons. The van der Waals surface area contributed by atoms with Gasteiger partial charge in [-0.05, 0) is 55.0 Å². The molecular weight excluding hydrogens is 434 g/mol. The molecule has 0 aliphatic rings. The molecule has 0 aliphatic carbocycles. The number of methoxy groups -OCH3 is 1. The number of ether oxygens (including phenoxy) is 2. The molecule has 0 saturated heterocycles. The number of nitrogens with one attached hydrogen (secondary N) is 2. The second kappa shape index (κ2) is 10.5. The number of Topliss-reactive ketones (excluding diaryl/α,β-unsaturated/α-hetero) is 1. The summed E-state index contributed by atoms with van der Waals surface area (Å²) in [4.78, 5) is 29.1. The fourth-order valence-corrected chi connectivity index (χ4v) is 3.34. The van der Waals surface area contributed by atoms with Gasteiger partial charge in [0.25, 0.3) is 0 Å².